The Hall–Kier alpha value is -5.83. The maximum absolute atomic E-state index is 12.6. The zero-order chi connectivity index (χ0) is 82.7. The molecule has 6 rings (SSSR count). The van der Waals surface area contributed by atoms with Crippen LogP contribution >= 0.6 is 0 Å². The van der Waals surface area contributed by atoms with Crippen LogP contribution in [0.25, 0.3) is 0 Å². The zero-order valence-electron chi connectivity index (χ0n) is 69.7. The normalized spacial score (nSPS) is 16.1. The molecule has 0 spiro atoms. The Morgan fingerprint density at radius 1 is 0.500 bits per heavy atom. The quantitative estimate of drug-likeness (QED) is 0.0174. The van der Waals surface area contributed by atoms with Crippen molar-refractivity contribution in [3.05, 3.63) is 142 Å². The molecule has 3 aliphatic rings. The van der Waals surface area contributed by atoms with Crippen molar-refractivity contribution in [1.82, 2.24) is 0 Å². The predicted octanol–water partition coefficient (Wildman–Crippen LogP) is 10.4. The third-order valence-electron chi connectivity index (χ3n) is 18.6. The van der Waals surface area contributed by atoms with Crippen LogP contribution in [0, 0.1) is 6.92 Å². The summed E-state index contributed by atoms with van der Waals surface area (Å²) in [5, 5.41) is 9.50. The van der Waals surface area contributed by atoms with Gasteiger partial charge in [0.1, 0.15) is 24.7 Å². The van der Waals surface area contributed by atoms with Gasteiger partial charge in [-0.25, -0.2) is 9.78 Å². The van der Waals surface area contributed by atoms with Gasteiger partial charge in [0.2, 0.25) is 5.69 Å². The van der Waals surface area contributed by atoms with Crippen molar-refractivity contribution in [1.29, 1.82) is 0 Å². The molecule has 2 heterocycles. The van der Waals surface area contributed by atoms with Gasteiger partial charge in [0.15, 0.2) is 12.3 Å². The summed E-state index contributed by atoms with van der Waals surface area (Å²) in [5.74, 6) is 0.493. The van der Waals surface area contributed by atoms with Gasteiger partial charge in [-0.1, -0.05) is 67.5 Å². The first-order valence-electron chi connectivity index (χ1n) is 40.9. The number of carboxylic acids is 1. The monoisotopic (exact) mass is 1660 g/mol. The van der Waals surface area contributed by atoms with Crippen LogP contribution in [-0.4, -0.2) is 312 Å². The number of aryl methyl sites for hydroxylation is 1. The highest BCUT2D eigenvalue weighted by atomic mass is 32.2. The van der Waals surface area contributed by atoms with Crippen LogP contribution in [0.5, 0.6) is 5.75 Å². The number of rotatable bonds is 75. The molecule has 1 aliphatic carbocycles. The first kappa shape index (κ1) is 99.0. The van der Waals surface area contributed by atoms with Gasteiger partial charge >= 0.3 is 5.97 Å². The van der Waals surface area contributed by atoms with E-state index in [0.29, 0.717) is 282 Å². The van der Waals surface area contributed by atoms with Gasteiger partial charge in [0.05, 0.1) is 248 Å². The van der Waals surface area contributed by atoms with E-state index < -0.39 is 26.9 Å². The van der Waals surface area contributed by atoms with Crippen LogP contribution < -0.4 is 9.64 Å². The van der Waals surface area contributed by atoms with E-state index in [9.17, 15) is 22.9 Å². The van der Waals surface area contributed by atoms with E-state index in [1.165, 1.54) is 6.07 Å². The van der Waals surface area contributed by atoms with E-state index in [4.69, 9.17) is 105 Å². The number of methoxy groups -OCH3 is 1. The van der Waals surface area contributed by atoms with Gasteiger partial charge in [0, 0.05) is 66.8 Å². The summed E-state index contributed by atoms with van der Waals surface area (Å²) >= 11 is 0. The Labute approximate surface area is 688 Å². The zero-order valence-corrected chi connectivity index (χ0v) is 70.5. The number of hydrogen-bond acceptors (Lipinski definition) is 26. The number of nitrogens with zero attached hydrogens (tertiary/aromatic N) is 2. The molecule has 1 unspecified atom stereocenters. The Balaban J connectivity index is 0.974. The standard InChI is InChI=1S/C86H132N2O27S/c1-7-31-95-36-38-98-42-44-101-48-50-104-54-56-107-59-60-108-57-55-105-51-49-102-45-43-99-39-37-96-33-30-88-79-25-23-76(116(91,92)93)71-77(79)85(3,4)81(88)26-21-73-15-14-16-74(84(73)115-75-17-10-8-11-18-75)22-27-82-86(5,78-70-72(2)20-24-80(78)87(82)29-13-9-12-19-83(89)90)28-32-113-114-69-68-112-67-66-111-65-64-110-63-62-109-61-58-106-53-52-103-47-46-100-41-40-97-35-34-94-6/h8,10-11,14-15,17-18,20-27,70-71H,7,9,12-13,16,19,28-69H2,1-6H3,(H-,89,90,91,92,93)/p+1. The molecule has 3 aromatic carbocycles. The summed E-state index contributed by atoms with van der Waals surface area (Å²) in [7, 11) is -2.88. The molecule has 2 aliphatic heterocycles. The fourth-order valence-corrected chi connectivity index (χ4v) is 13.1. The van der Waals surface area contributed by atoms with Gasteiger partial charge in [0.25, 0.3) is 10.1 Å². The Morgan fingerprint density at radius 2 is 0.948 bits per heavy atom. The number of benzene rings is 3. The minimum atomic E-state index is -4.52. The third kappa shape index (κ3) is 40.0. The van der Waals surface area contributed by atoms with Gasteiger partial charge in [-0.15, -0.1) is 0 Å². The summed E-state index contributed by atoms with van der Waals surface area (Å²) < 4.78 is 150. The second-order valence-corrected chi connectivity index (χ2v) is 29.2. The molecule has 1 atom stereocenters. The van der Waals surface area contributed by atoms with Crippen LogP contribution in [0.15, 0.2) is 131 Å². The molecule has 0 amide bonds. The molecule has 654 valence electrons. The molecule has 116 heavy (non-hydrogen) atoms. The Bertz CT molecular complexity index is 3440. The highest BCUT2D eigenvalue weighted by Crippen LogP contribution is 2.51. The van der Waals surface area contributed by atoms with Crippen LogP contribution in [0.4, 0.5) is 11.4 Å². The molecule has 2 N–H and O–H groups in total. The lowest BCUT2D eigenvalue weighted by atomic mass is 9.78. The van der Waals surface area contributed by atoms with Gasteiger partial charge < -0.3 is 105 Å². The molecule has 0 saturated carbocycles. The maximum Gasteiger partial charge on any atom is 0.303 e. The minimum absolute atomic E-state index is 0.107. The highest BCUT2D eigenvalue weighted by molar-refractivity contribution is 7.85. The summed E-state index contributed by atoms with van der Waals surface area (Å²) in [6, 6.07) is 20.9. The van der Waals surface area contributed by atoms with E-state index in [-0.39, 0.29) is 24.5 Å². The smallest absolute Gasteiger partial charge is 0.303 e. The number of allylic oxidation sites excluding steroid dienone is 9. The van der Waals surface area contributed by atoms with Crippen LogP contribution in [0.3, 0.4) is 0 Å². The molecule has 3 aromatic rings. The van der Waals surface area contributed by atoms with Crippen LogP contribution in [0.2, 0.25) is 0 Å². The SMILES string of the molecule is CCCOCCOCCOCCOCCOCCOCCOCCOCCOCCOCC[N+]1=C(C=CC2=C(Oc3ccccc3)C(=CC=C3N(CCCCCC(=O)O)c4ccc(C)cc4C3(C)CCOOCCOCCOCCOCCOCCOCCOCCOCCOCCOC)CC=C2)C(C)(C)c2cc(S(=O)(=O)O)ccc21. The maximum atomic E-state index is 12.6. The Morgan fingerprint density at radius 3 is 1.41 bits per heavy atom. The van der Waals surface area contributed by atoms with Crippen molar-refractivity contribution in [3.8, 4) is 5.75 Å². The summed E-state index contributed by atoms with van der Waals surface area (Å²) in [4.78, 5) is 25.3. The summed E-state index contributed by atoms with van der Waals surface area (Å²) in [6.45, 7) is 29.2. The molecular formula is C86H133N2O27S+. The number of unbranched alkanes of at least 4 members (excludes halogenated alkanes) is 2. The topological polar surface area (TPSA) is 301 Å². The number of aliphatic carboxylic acids is 1. The molecule has 0 radical (unpaired) electrons. The number of anilines is 1. The Kier molecular flexibility index (Phi) is 52.4. The highest BCUT2D eigenvalue weighted by Gasteiger charge is 2.46. The fraction of sp³-hybridized carbons (Fsp3) is 0.651. The molecule has 30 heteroatoms. The molecular weight excluding hydrogens is 1520 g/mol. The van der Waals surface area contributed by atoms with E-state index in [1.807, 2.05) is 50.3 Å². The van der Waals surface area contributed by atoms with Crippen molar-refractivity contribution in [2.75, 3.05) is 283 Å². The number of fused-ring (bicyclic) bond motifs is 2. The van der Waals surface area contributed by atoms with E-state index in [0.717, 1.165) is 76.5 Å². The molecule has 0 saturated heterocycles. The van der Waals surface area contributed by atoms with Crippen LogP contribution in [-0.2, 0) is 126 Å². The number of hydrogen-bond donors (Lipinski definition) is 2. The van der Waals surface area contributed by atoms with Crippen LogP contribution in [0.1, 0.15) is 89.3 Å². The third-order valence-corrected chi connectivity index (χ3v) is 19.5. The van der Waals surface area contributed by atoms with Gasteiger partial charge in [-0.05, 0) is 113 Å². The van der Waals surface area contributed by atoms with Gasteiger partial charge in [-0.2, -0.15) is 13.0 Å². The first-order chi connectivity index (χ1) is 56.7. The lowest BCUT2D eigenvalue weighted by molar-refractivity contribution is -0.442. The summed E-state index contributed by atoms with van der Waals surface area (Å²) in [6.07, 6.45) is 16.9. The first-order valence-corrected chi connectivity index (χ1v) is 42.4. The van der Waals surface area contributed by atoms with Gasteiger partial charge in [-0.3, -0.25) is 9.35 Å². The lowest BCUT2D eigenvalue weighted by Crippen LogP contribution is -2.30. The fourth-order valence-electron chi connectivity index (χ4n) is 12.6. The van der Waals surface area contributed by atoms with Crippen molar-refractivity contribution in [3.63, 3.8) is 0 Å². The van der Waals surface area contributed by atoms with Crippen molar-refractivity contribution >= 4 is 33.2 Å². The largest absolute Gasteiger partial charge is 0.481 e. The van der Waals surface area contributed by atoms with E-state index in [1.54, 1.807) is 19.2 Å². The van der Waals surface area contributed by atoms with Crippen molar-refractivity contribution < 1.29 is 132 Å². The average molecular weight is 1660 g/mol. The lowest BCUT2D eigenvalue weighted by Gasteiger charge is -2.30. The number of para-hydroxylation sites is 1. The summed E-state index contributed by atoms with van der Waals surface area (Å²) in [5.41, 5.74) is 7.21. The number of carboxylic acid groups (broad SMARTS) is 1. The van der Waals surface area contributed by atoms with E-state index in [2.05, 4.69) is 78.8 Å². The predicted molar refractivity (Wildman–Crippen MR) is 438 cm³/mol. The van der Waals surface area contributed by atoms with E-state index >= 15 is 0 Å². The number of carbonyl (C=O) groups is 1. The molecule has 0 fully saturated rings. The van der Waals surface area contributed by atoms with Crippen molar-refractivity contribution in [2.24, 2.45) is 0 Å². The molecule has 0 aromatic heterocycles. The second-order valence-electron chi connectivity index (χ2n) is 27.8. The van der Waals surface area contributed by atoms with Crippen molar-refractivity contribution in [2.45, 2.75) is 95.3 Å². The minimum Gasteiger partial charge on any atom is -0.481 e. The average Bonchev–Trinajstić information content (AvgIpc) is 1.59. The molecule has 0 bridgehead atoms. The second kappa shape index (κ2) is 61.5. The molecule has 29 nitrogen and oxygen atoms in total. The number of ether oxygens (including phenoxy) is 20.